The molecule has 0 spiro atoms. The maximum atomic E-state index is 12.5. The minimum atomic E-state index is -0.154. The summed E-state index contributed by atoms with van der Waals surface area (Å²) in [5.74, 6) is 0.191. The van der Waals surface area contributed by atoms with Crippen molar-refractivity contribution in [2.45, 2.75) is 13.1 Å². The summed E-state index contributed by atoms with van der Waals surface area (Å²) < 4.78 is 0.0357. The van der Waals surface area contributed by atoms with Crippen LogP contribution in [-0.4, -0.2) is 33.8 Å². The molecule has 2 aromatic rings. The van der Waals surface area contributed by atoms with Crippen LogP contribution in [0.2, 0.25) is 0 Å². The molecule has 24 heavy (non-hydrogen) atoms. The highest BCUT2D eigenvalue weighted by atomic mass is 16.3. The number of anilines is 2. The molecule has 0 bridgehead atoms. The zero-order valence-corrected chi connectivity index (χ0v) is 13.2. The van der Waals surface area contributed by atoms with Crippen molar-refractivity contribution in [1.29, 1.82) is 0 Å². The van der Waals surface area contributed by atoms with E-state index in [1.165, 1.54) is 12.1 Å². The molecule has 1 fully saturated rings. The van der Waals surface area contributed by atoms with Crippen LogP contribution in [0.1, 0.15) is 11.1 Å². The molecule has 7 nitrogen and oxygen atoms in total. The quantitative estimate of drug-likeness (QED) is 0.331. The second-order valence-electron chi connectivity index (χ2n) is 6.19. The highest BCUT2D eigenvalue weighted by molar-refractivity contribution is 5.69. The third kappa shape index (κ3) is 2.93. The van der Waals surface area contributed by atoms with Gasteiger partial charge in [-0.1, -0.05) is 0 Å². The van der Waals surface area contributed by atoms with Crippen LogP contribution in [0.5, 0.6) is 11.5 Å². The maximum absolute atomic E-state index is 12.5. The lowest BCUT2D eigenvalue weighted by molar-refractivity contribution is -0.867. The van der Waals surface area contributed by atoms with Crippen LogP contribution in [0.3, 0.4) is 0 Å². The normalized spacial score (nSPS) is 16.1. The first-order chi connectivity index (χ1) is 11.4. The molecule has 1 aliphatic rings. The summed E-state index contributed by atoms with van der Waals surface area (Å²) in [6.07, 6.45) is 0. The van der Waals surface area contributed by atoms with Gasteiger partial charge in [-0.25, -0.2) is 9.28 Å². The zero-order valence-electron chi connectivity index (χ0n) is 13.2. The smallest absolute Gasteiger partial charge is 0.417 e. The van der Waals surface area contributed by atoms with Crippen molar-refractivity contribution in [3.05, 3.63) is 47.5 Å². The Balaban J connectivity index is 1.98. The fourth-order valence-electron chi connectivity index (χ4n) is 3.12. The summed E-state index contributed by atoms with van der Waals surface area (Å²) in [6, 6.07) is 9.44. The molecule has 0 unspecified atom stereocenters. The Morgan fingerprint density at radius 2 is 1.46 bits per heavy atom. The molecule has 7 heteroatoms. The van der Waals surface area contributed by atoms with Crippen molar-refractivity contribution >= 4 is 17.4 Å². The maximum Gasteiger partial charge on any atom is 0.417 e. The number of nitrogens with zero attached hydrogens (tertiary/aromatic N) is 1. The van der Waals surface area contributed by atoms with E-state index in [0.29, 0.717) is 35.6 Å². The minimum Gasteiger partial charge on any atom is -0.507 e. The van der Waals surface area contributed by atoms with Gasteiger partial charge in [0.1, 0.15) is 31.1 Å². The number of rotatable bonds is 4. The average Bonchev–Trinajstić information content (AvgIpc) is 2.88. The Morgan fingerprint density at radius 3 is 1.88 bits per heavy atom. The van der Waals surface area contributed by atoms with Gasteiger partial charge >= 0.3 is 6.03 Å². The molecule has 2 amide bonds. The van der Waals surface area contributed by atoms with Gasteiger partial charge in [0, 0.05) is 11.4 Å². The molecule has 1 heterocycles. The molecule has 126 valence electrons. The second-order valence-corrected chi connectivity index (χ2v) is 6.19. The van der Waals surface area contributed by atoms with E-state index in [1.54, 1.807) is 24.3 Å². The molecule has 0 saturated carbocycles. The third-order valence-corrected chi connectivity index (χ3v) is 4.40. The van der Waals surface area contributed by atoms with E-state index in [-0.39, 0.29) is 35.1 Å². The number of benzene rings is 2. The first-order valence-corrected chi connectivity index (χ1v) is 7.69. The van der Waals surface area contributed by atoms with Crippen molar-refractivity contribution in [3.8, 4) is 11.5 Å². The number of carbonyl (C=O) groups is 1. The molecule has 3 rings (SSSR count). The molecule has 1 saturated heterocycles. The number of urea groups is 1. The molecule has 1 aliphatic heterocycles. The number of nitrogen functional groups attached to an aromatic ring is 2. The van der Waals surface area contributed by atoms with Gasteiger partial charge in [-0.15, -0.1) is 0 Å². The number of phenols is 2. The van der Waals surface area contributed by atoms with Crippen LogP contribution < -0.4 is 16.8 Å². The minimum absolute atomic E-state index is 0.0357. The number of quaternary nitrogens is 1. The van der Waals surface area contributed by atoms with Gasteiger partial charge < -0.3 is 21.7 Å². The topological polar surface area (TPSA) is 122 Å². The summed E-state index contributed by atoms with van der Waals surface area (Å²) in [5.41, 5.74) is 13.8. The highest BCUT2D eigenvalue weighted by Gasteiger charge is 2.42. The fourth-order valence-corrected chi connectivity index (χ4v) is 3.12. The summed E-state index contributed by atoms with van der Waals surface area (Å²) in [4.78, 5) is 12.5. The van der Waals surface area contributed by atoms with Gasteiger partial charge in [-0.2, -0.15) is 0 Å². The second kappa shape index (κ2) is 5.93. The Labute approximate surface area is 139 Å². The predicted molar refractivity (Wildman–Crippen MR) is 91.0 cm³/mol. The number of aromatic hydroxyl groups is 2. The summed E-state index contributed by atoms with van der Waals surface area (Å²) >= 11 is 0. The molecule has 7 N–H and O–H groups in total. The molecule has 0 aliphatic carbocycles. The highest BCUT2D eigenvalue weighted by Crippen LogP contribution is 2.31. The molecule has 0 aromatic heterocycles. The van der Waals surface area contributed by atoms with Crippen LogP contribution >= 0.6 is 0 Å². The van der Waals surface area contributed by atoms with E-state index in [0.717, 1.165) is 0 Å². The van der Waals surface area contributed by atoms with Crippen molar-refractivity contribution < 1.29 is 19.5 Å². The average molecular weight is 329 g/mol. The Kier molecular flexibility index (Phi) is 3.94. The molecule has 0 atom stereocenters. The monoisotopic (exact) mass is 329 g/mol. The SMILES string of the molecule is Nc1ccc(O)c(C[N+]2(Cc3cc(N)ccc3O)CCNC2=O)c1. The predicted octanol–water partition coefficient (Wildman–Crippen LogP) is 1.50. The first kappa shape index (κ1) is 15.9. The van der Waals surface area contributed by atoms with Gasteiger partial charge in [-0.3, -0.25) is 5.32 Å². The number of nitrogens with one attached hydrogen (secondary N) is 1. The lowest BCUT2D eigenvalue weighted by Gasteiger charge is -2.30. The van der Waals surface area contributed by atoms with Crippen LogP contribution in [0.15, 0.2) is 36.4 Å². The number of hydrogen-bond donors (Lipinski definition) is 5. The number of carbonyl (C=O) groups excluding carboxylic acids is 1. The number of nitrogens with two attached hydrogens (primary N) is 2. The number of phenolic OH excluding ortho intramolecular Hbond substituents is 2. The first-order valence-electron chi connectivity index (χ1n) is 7.69. The van der Waals surface area contributed by atoms with Crippen molar-refractivity contribution in [2.24, 2.45) is 0 Å². The van der Waals surface area contributed by atoms with Crippen LogP contribution in [0.4, 0.5) is 16.2 Å². The Morgan fingerprint density at radius 1 is 0.958 bits per heavy atom. The fraction of sp³-hybridized carbons (Fsp3) is 0.235. The van der Waals surface area contributed by atoms with Gasteiger partial charge in [0.25, 0.3) is 0 Å². The summed E-state index contributed by atoms with van der Waals surface area (Å²) in [5, 5.41) is 23.0. The van der Waals surface area contributed by atoms with Crippen LogP contribution in [0.25, 0.3) is 0 Å². The van der Waals surface area contributed by atoms with Gasteiger partial charge in [0.15, 0.2) is 0 Å². The zero-order chi connectivity index (χ0) is 17.3. The standard InChI is InChI=1S/C17H20N4O3/c18-13-1-3-15(22)11(7-13)9-21(6-5-20-17(21)24)10-12-8-14(19)2-4-16(12)23/h1-4,7-8H,5-6,9-10,18-19H2,(H2-,20,22,23,24)/p+1. The molecular formula is C17H21N4O3+. The van der Waals surface area contributed by atoms with Crippen LogP contribution in [0, 0.1) is 0 Å². The summed E-state index contributed by atoms with van der Waals surface area (Å²) in [6.45, 7) is 1.63. The number of amides is 2. The number of hydrogen-bond acceptors (Lipinski definition) is 5. The van der Waals surface area contributed by atoms with Crippen molar-refractivity contribution in [2.75, 3.05) is 24.6 Å². The van der Waals surface area contributed by atoms with E-state index in [9.17, 15) is 15.0 Å². The Hall–Kier alpha value is -2.93. The van der Waals surface area contributed by atoms with Crippen molar-refractivity contribution in [3.63, 3.8) is 0 Å². The van der Waals surface area contributed by atoms with E-state index in [1.807, 2.05) is 0 Å². The summed E-state index contributed by atoms with van der Waals surface area (Å²) in [7, 11) is 0. The third-order valence-electron chi connectivity index (χ3n) is 4.40. The van der Waals surface area contributed by atoms with E-state index in [4.69, 9.17) is 11.5 Å². The van der Waals surface area contributed by atoms with Gasteiger partial charge in [-0.05, 0) is 36.4 Å². The van der Waals surface area contributed by atoms with E-state index < -0.39 is 0 Å². The largest absolute Gasteiger partial charge is 0.507 e. The van der Waals surface area contributed by atoms with Crippen LogP contribution in [-0.2, 0) is 13.1 Å². The molecule has 0 radical (unpaired) electrons. The molecular weight excluding hydrogens is 308 g/mol. The van der Waals surface area contributed by atoms with Gasteiger partial charge in [0.2, 0.25) is 0 Å². The molecule has 2 aromatic carbocycles. The lowest BCUT2D eigenvalue weighted by Crippen LogP contribution is -2.49. The van der Waals surface area contributed by atoms with E-state index >= 15 is 0 Å². The van der Waals surface area contributed by atoms with Crippen molar-refractivity contribution in [1.82, 2.24) is 5.32 Å². The lowest BCUT2D eigenvalue weighted by atomic mass is 10.1. The Bertz CT molecular complexity index is 738. The van der Waals surface area contributed by atoms with Gasteiger partial charge in [0.05, 0.1) is 17.7 Å². The van der Waals surface area contributed by atoms with E-state index in [2.05, 4.69) is 5.32 Å².